The third-order valence-electron chi connectivity index (χ3n) is 5.09. The van der Waals surface area contributed by atoms with Crippen LogP contribution in [0.5, 0.6) is 5.75 Å². The van der Waals surface area contributed by atoms with Gasteiger partial charge in [-0.1, -0.05) is 25.3 Å². The van der Waals surface area contributed by atoms with Crippen LogP contribution in [0.25, 0.3) is 16.9 Å². The molecule has 1 aliphatic rings. The zero-order chi connectivity index (χ0) is 18.6. The summed E-state index contributed by atoms with van der Waals surface area (Å²) < 4.78 is 7.55. The van der Waals surface area contributed by atoms with Gasteiger partial charge in [0.05, 0.1) is 30.5 Å². The lowest BCUT2D eigenvalue weighted by Crippen LogP contribution is -2.22. The summed E-state index contributed by atoms with van der Waals surface area (Å²) in [4.78, 5) is 4.28. The molecule has 6 heteroatoms. The molecule has 1 N–H and O–H groups in total. The van der Waals surface area contributed by atoms with E-state index in [1.165, 1.54) is 32.1 Å². The fraction of sp³-hybridized carbons (Fsp3) is 0.381. The van der Waals surface area contributed by atoms with Gasteiger partial charge >= 0.3 is 0 Å². The monoisotopic (exact) mass is 363 g/mol. The quantitative estimate of drug-likeness (QED) is 0.728. The smallest absolute Gasteiger partial charge is 0.148 e. The highest BCUT2D eigenvalue weighted by molar-refractivity contribution is 5.65. The van der Waals surface area contributed by atoms with E-state index in [4.69, 9.17) is 4.74 Å². The molecule has 2 aromatic heterocycles. The third kappa shape index (κ3) is 3.94. The van der Waals surface area contributed by atoms with Crippen LogP contribution in [0.2, 0.25) is 0 Å². The van der Waals surface area contributed by atoms with Gasteiger partial charge in [0.15, 0.2) is 0 Å². The summed E-state index contributed by atoms with van der Waals surface area (Å²) in [7, 11) is 1.68. The number of nitrogens with zero attached hydrogens (tertiary/aromatic N) is 4. The second-order valence-corrected chi connectivity index (χ2v) is 7.09. The molecule has 1 fully saturated rings. The van der Waals surface area contributed by atoms with Gasteiger partial charge in [0.2, 0.25) is 0 Å². The van der Waals surface area contributed by atoms with Gasteiger partial charge < -0.3 is 14.6 Å². The highest BCUT2D eigenvalue weighted by Gasteiger charge is 2.14. The average Bonchev–Trinajstić information content (AvgIpc) is 3.15. The molecular weight excluding hydrogens is 338 g/mol. The van der Waals surface area contributed by atoms with E-state index in [2.05, 4.69) is 20.5 Å². The summed E-state index contributed by atoms with van der Waals surface area (Å²) in [6, 6.07) is 10.6. The van der Waals surface area contributed by atoms with Gasteiger partial charge in [-0.3, -0.25) is 0 Å². The van der Waals surface area contributed by atoms with E-state index < -0.39 is 0 Å². The van der Waals surface area contributed by atoms with E-state index in [1.54, 1.807) is 13.4 Å². The fourth-order valence-electron chi connectivity index (χ4n) is 3.62. The lowest BCUT2D eigenvalue weighted by molar-refractivity contribution is 0.413. The first-order valence-corrected chi connectivity index (χ1v) is 9.52. The number of benzene rings is 1. The Kier molecular flexibility index (Phi) is 5.05. The van der Waals surface area contributed by atoms with Crippen LogP contribution in [-0.2, 0) is 0 Å². The Morgan fingerprint density at radius 2 is 1.93 bits per heavy atom. The maximum Gasteiger partial charge on any atom is 0.148 e. The Morgan fingerprint density at radius 1 is 1.07 bits per heavy atom. The van der Waals surface area contributed by atoms with Gasteiger partial charge in [-0.15, -0.1) is 10.2 Å². The topological polar surface area (TPSA) is 64.9 Å². The van der Waals surface area contributed by atoms with Crippen molar-refractivity contribution < 1.29 is 4.74 Å². The van der Waals surface area contributed by atoms with Gasteiger partial charge in [-0.25, -0.2) is 4.98 Å². The minimum Gasteiger partial charge on any atom is -0.495 e. The number of hydrogen-bond donors (Lipinski definition) is 1. The summed E-state index contributed by atoms with van der Waals surface area (Å²) in [5, 5.41) is 12.3. The zero-order valence-electron chi connectivity index (χ0n) is 15.9. The van der Waals surface area contributed by atoms with Crippen molar-refractivity contribution >= 4 is 5.82 Å². The normalized spacial score (nSPS) is 14.9. The first-order chi connectivity index (χ1) is 13.2. The van der Waals surface area contributed by atoms with Crippen molar-refractivity contribution in [3.63, 3.8) is 0 Å². The van der Waals surface area contributed by atoms with Crippen LogP contribution >= 0.6 is 0 Å². The lowest BCUT2D eigenvalue weighted by Gasteiger charge is -2.22. The number of anilines is 1. The fourth-order valence-corrected chi connectivity index (χ4v) is 3.62. The number of ether oxygens (including phenoxy) is 1. The largest absolute Gasteiger partial charge is 0.495 e. The Labute approximate surface area is 159 Å². The minimum absolute atomic E-state index is 0.525. The standard InChI is InChI=1S/C21H25N5O/c1-15-13-26(14-22-15)19-10-8-16(12-20(19)27-2)18-9-11-21(25-24-18)23-17-6-4-3-5-7-17/h8-14,17H,3-7H2,1-2H3,(H,23,25). The van der Waals surface area contributed by atoms with Crippen molar-refractivity contribution in [2.75, 3.05) is 12.4 Å². The summed E-state index contributed by atoms with van der Waals surface area (Å²) in [6.45, 7) is 1.97. The van der Waals surface area contributed by atoms with Crippen LogP contribution in [-0.4, -0.2) is 32.9 Å². The molecule has 1 saturated carbocycles. The Morgan fingerprint density at radius 3 is 2.59 bits per heavy atom. The molecule has 0 saturated heterocycles. The van der Waals surface area contributed by atoms with Crippen LogP contribution in [0.1, 0.15) is 37.8 Å². The SMILES string of the molecule is COc1cc(-c2ccc(NC3CCCCC3)nn2)ccc1-n1cnc(C)c1. The van der Waals surface area contributed by atoms with Gasteiger partial charge in [-0.05, 0) is 44.0 Å². The van der Waals surface area contributed by atoms with Crippen LogP contribution in [0, 0.1) is 6.92 Å². The molecule has 0 unspecified atom stereocenters. The van der Waals surface area contributed by atoms with Crippen molar-refractivity contribution in [3.05, 3.63) is 48.5 Å². The molecule has 0 spiro atoms. The Balaban J connectivity index is 1.54. The molecule has 0 radical (unpaired) electrons. The van der Waals surface area contributed by atoms with Gasteiger partial charge in [0, 0.05) is 17.8 Å². The average molecular weight is 363 g/mol. The van der Waals surface area contributed by atoms with Gasteiger partial charge in [-0.2, -0.15) is 0 Å². The van der Waals surface area contributed by atoms with Crippen molar-refractivity contribution in [3.8, 4) is 22.7 Å². The van der Waals surface area contributed by atoms with Crippen LogP contribution < -0.4 is 10.1 Å². The van der Waals surface area contributed by atoms with Crippen molar-refractivity contribution in [2.24, 2.45) is 0 Å². The molecule has 140 valence electrons. The Hall–Kier alpha value is -2.89. The number of methoxy groups -OCH3 is 1. The maximum absolute atomic E-state index is 5.59. The Bertz CT molecular complexity index is 897. The highest BCUT2D eigenvalue weighted by Crippen LogP contribution is 2.29. The van der Waals surface area contributed by atoms with E-state index in [1.807, 2.05) is 48.0 Å². The summed E-state index contributed by atoms with van der Waals surface area (Å²) in [6.07, 6.45) is 10.1. The molecule has 2 heterocycles. The van der Waals surface area contributed by atoms with E-state index in [-0.39, 0.29) is 0 Å². The number of hydrogen-bond acceptors (Lipinski definition) is 5. The summed E-state index contributed by atoms with van der Waals surface area (Å²) >= 11 is 0. The molecular formula is C21H25N5O. The number of aromatic nitrogens is 4. The molecule has 0 bridgehead atoms. The van der Waals surface area contributed by atoms with E-state index in [0.29, 0.717) is 6.04 Å². The summed E-state index contributed by atoms with van der Waals surface area (Å²) in [5.74, 6) is 1.62. The number of nitrogens with one attached hydrogen (secondary N) is 1. The number of imidazole rings is 1. The van der Waals surface area contributed by atoms with Crippen molar-refractivity contribution in [2.45, 2.75) is 45.1 Å². The van der Waals surface area contributed by atoms with Crippen molar-refractivity contribution in [1.29, 1.82) is 0 Å². The molecule has 1 aliphatic carbocycles. The maximum atomic E-state index is 5.59. The first-order valence-electron chi connectivity index (χ1n) is 9.52. The minimum atomic E-state index is 0.525. The first kappa shape index (κ1) is 17.5. The second kappa shape index (κ2) is 7.78. The molecule has 1 aromatic carbocycles. The van der Waals surface area contributed by atoms with E-state index in [9.17, 15) is 0 Å². The lowest BCUT2D eigenvalue weighted by atomic mass is 9.95. The molecule has 3 aromatic rings. The second-order valence-electron chi connectivity index (χ2n) is 7.09. The molecule has 27 heavy (non-hydrogen) atoms. The van der Waals surface area contributed by atoms with Gasteiger partial charge in [0.1, 0.15) is 11.6 Å². The number of aryl methyl sites for hydroxylation is 1. The van der Waals surface area contributed by atoms with Crippen molar-refractivity contribution in [1.82, 2.24) is 19.7 Å². The van der Waals surface area contributed by atoms with Gasteiger partial charge in [0.25, 0.3) is 0 Å². The van der Waals surface area contributed by atoms with Crippen LogP contribution in [0.4, 0.5) is 5.82 Å². The van der Waals surface area contributed by atoms with E-state index in [0.717, 1.165) is 34.2 Å². The number of rotatable bonds is 5. The molecule has 4 rings (SSSR count). The highest BCUT2D eigenvalue weighted by atomic mass is 16.5. The molecule has 6 nitrogen and oxygen atoms in total. The van der Waals surface area contributed by atoms with Crippen LogP contribution in [0.15, 0.2) is 42.9 Å². The van der Waals surface area contributed by atoms with E-state index >= 15 is 0 Å². The zero-order valence-corrected chi connectivity index (χ0v) is 15.9. The molecule has 0 atom stereocenters. The predicted molar refractivity (Wildman–Crippen MR) is 106 cm³/mol. The third-order valence-corrected chi connectivity index (χ3v) is 5.09. The molecule has 0 amide bonds. The molecule has 0 aliphatic heterocycles. The van der Waals surface area contributed by atoms with Crippen LogP contribution in [0.3, 0.4) is 0 Å². The predicted octanol–water partition coefficient (Wildman–Crippen LogP) is 4.39. The summed E-state index contributed by atoms with van der Waals surface area (Å²) in [5.41, 5.74) is 3.72.